The van der Waals surface area contributed by atoms with Gasteiger partial charge in [0.15, 0.2) is 0 Å². The minimum Gasteiger partial charge on any atom is -0.300 e. The van der Waals surface area contributed by atoms with Crippen molar-refractivity contribution in [3.8, 4) is 0 Å². The third-order valence-corrected chi connectivity index (χ3v) is 7.55. The number of fused-ring (bicyclic) bond motifs is 1. The maximum absolute atomic E-state index is 13.3. The predicted octanol–water partition coefficient (Wildman–Crippen LogP) is 4.48. The Morgan fingerprint density at radius 3 is 2.38 bits per heavy atom. The molecule has 0 aliphatic carbocycles. The van der Waals surface area contributed by atoms with Crippen molar-refractivity contribution >= 4 is 56.4 Å². The van der Waals surface area contributed by atoms with Crippen LogP contribution in [0.1, 0.15) is 37.2 Å². The van der Waals surface area contributed by atoms with Crippen molar-refractivity contribution in [3.63, 3.8) is 0 Å². The van der Waals surface area contributed by atoms with Crippen molar-refractivity contribution in [3.05, 3.63) is 90.1 Å². The van der Waals surface area contributed by atoms with Crippen LogP contribution in [0.25, 0.3) is 0 Å². The Kier molecular flexibility index (Phi) is 4.72. The van der Waals surface area contributed by atoms with E-state index in [0.717, 1.165) is 25.9 Å². The highest BCUT2D eigenvalue weighted by molar-refractivity contribution is 9.10. The number of nitrogens with zero attached hydrogens (tertiary/aromatic N) is 3. The van der Waals surface area contributed by atoms with Gasteiger partial charge in [-0.15, -0.1) is 11.3 Å². The first kappa shape index (κ1) is 20.5. The third kappa shape index (κ3) is 2.90. The number of carbonyl (C=O) groups is 3. The van der Waals surface area contributed by atoms with Gasteiger partial charge in [-0.25, -0.2) is 0 Å². The molecule has 0 saturated carbocycles. The van der Waals surface area contributed by atoms with Crippen LogP contribution >= 0.6 is 27.3 Å². The van der Waals surface area contributed by atoms with E-state index in [0.29, 0.717) is 5.69 Å². The van der Waals surface area contributed by atoms with Gasteiger partial charge in [-0.05, 0) is 48.2 Å². The molecule has 0 radical (unpaired) electrons. The summed E-state index contributed by atoms with van der Waals surface area (Å²) in [6.07, 6.45) is 0. The molecule has 1 aromatic heterocycles. The highest BCUT2D eigenvalue weighted by Gasteiger charge is 2.57. The molecule has 3 amide bonds. The summed E-state index contributed by atoms with van der Waals surface area (Å²) in [6.45, 7) is 1.91. The second kappa shape index (κ2) is 7.35. The van der Waals surface area contributed by atoms with E-state index >= 15 is 0 Å². The standard InChI is InChI=1S/C22H14BrN3O5S/c1-11-9-12(5-7-16(11)23)24-18(17-3-2-8-32-17)19(22(24)29)25-20(27)14-6-4-13(26(30)31)10-15(14)21(25)28/h2-10,18-19H,1H3/t18-,19-/m1/s1. The molecule has 1 fully saturated rings. The van der Waals surface area contributed by atoms with Crippen LogP contribution in [0, 0.1) is 17.0 Å². The van der Waals surface area contributed by atoms with Gasteiger partial charge in [0, 0.05) is 27.2 Å². The smallest absolute Gasteiger partial charge is 0.270 e. The third-order valence-electron chi connectivity index (χ3n) is 5.71. The number of nitro groups is 1. The van der Waals surface area contributed by atoms with Crippen molar-refractivity contribution in [2.24, 2.45) is 0 Å². The molecule has 2 aliphatic heterocycles. The highest BCUT2D eigenvalue weighted by atomic mass is 79.9. The van der Waals surface area contributed by atoms with E-state index in [1.807, 2.05) is 36.6 Å². The monoisotopic (exact) mass is 511 g/mol. The number of benzene rings is 2. The lowest BCUT2D eigenvalue weighted by molar-refractivity contribution is -0.384. The maximum atomic E-state index is 13.3. The van der Waals surface area contributed by atoms with E-state index in [-0.39, 0.29) is 22.7 Å². The number of aryl methyl sites for hydroxylation is 1. The van der Waals surface area contributed by atoms with Gasteiger partial charge >= 0.3 is 0 Å². The number of β-lactam (4-membered cyclic amide) rings is 1. The Morgan fingerprint density at radius 1 is 0.969 bits per heavy atom. The number of non-ortho nitro benzene ring substituents is 1. The number of hydrogen-bond donors (Lipinski definition) is 0. The number of carbonyl (C=O) groups excluding carboxylic acids is 3. The van der Waals surface area contributed by atoms with Crippen molar-refractivity contribution in [2.75, 3.05) is 4.90 Å². The molecule has 3 heterocycles. The summed E-state index contributed by atoms with van der Waals surface area (Å²) in [4.78, 5) is 53.4. The number of amides is 3. The number of halogens is 1. The molecular formula is C22H14BrN3O5S. The number of rotatable bonds is 4. The zero-order valence-corrected chi connectivity index (χ0v) is 18.9. The zero-order valence-electron chi connectivity index (χ0n) is 16.5. The maximum Gasteiger partial charge on any atom is 0.270 e. The first-order valence-corrected chi connectivity index (χ1v) is 11.3. The molecule has 32 heavy (non-hydrogen) atoms. The predicted molar refractivity (Wildman–Crippen MR) is 121 cm³/mol. The van der Waals surface area contributed by atoms with Crippen molar-refractivity contribution in [1.82, 2.24) is 4.90 Å². The van der Waals surface area contributed by atoms with Crippen LogP contribution in [-0.2, 0) is 4.79 Å². The largest absolute Gasteiger partial charge is 0.300 e. The number of hydrogen-bond acceptors (Lipinski definition) is 6. The zero-order chi connectivity index (χ0) is 22.7. The molecule has 3 aromatic rings. The van der Waals surface area contributed by atoms with E-state index in [9.17, 15) is 24.5 Å². The van der Waals surface area contributed by atoms with Gasteiger partial charge in [0.25, 0.3) is 23.4 Å². The Labute approximate surface area is 194 Å². The van der Waals surface area contributed by atoms with E-state index in [2.05, 4.69) is 15.9 Å². The average molecular weight is 512 g/mol. The molecule has 0 N–H and O–H groups in total. The van der Waals surface area contributed by atoms with Crippen LogP contribution in [-0.4, -0.2) is 33.6 Å². The Hall–Kier alpha value is -3.37. The van der Waals surface area contributed by atoms with Gasteiger partial charge in [-0.1, -0.05) is 22.0 Å². The van der Waals surface area contributed by atoms with Crippen molar-refractivity contribution in [1.29, 1.82) is 0 Å². The fourth-order valence-electron chi connectivity index (χ4n) is 4.15. The van der Waals surface area contributed by atoms with Gasteiger partial charge in [-0.3, -0.25) is 34.3 Å². The summed E-state index contributed by atoms with van der Waals surface area (Å²) in [5, 5.41) is 13.0. The lowest BCUT2D eigenvalue weighted by Crippen LogP contribution is -2.67. The van der Waals surface area contributed by atoms with Crippen LogP contribution < -0.4 is 4.90 Å². The van der Waals surface area contributed by atoms with Gasteiger partial charge in [0.2, 0.25) is 0 Å². The molecule has 0 bridgehead atoms. The molecular weight excluding hydrogens is 498 g/mol. The fourth-order valence-corrected chi connectivity index (χ4v) is 5.24. The van der Waals surface area contributed by atoms with Crippen molar-refractivity contribution in [2.45, 2.75) is 19.0 Å². The number of nitro benzene ring substituents is 1. The minimum absolute atomic E-state index is 0.0557. The number of anilines is 1. The summed E-state index contributed by atoms with van der Waals surface area (Å²) >= 11 is 4.88. The first-order chi connectivity index (χ1) is 15.3. The molecule has 0 spiro atoms. The number of thiophene rings is 1. The Bertz CT molecular complexity index is 1320. The van der Waals surface area contributed by atoms with E-state index < -0.39 is 28.8 Å². The van der Waals surface area contributed by atoms with E-state index in [4.69, 9.17) is 0 Å². The average Bonchev–Trinajstić information content (AvgIpc) is 3.37. The summed E-state index contributed by atoms with van der Waals surface area (Å²) < 4.78 is 0.903. The molecule has 5 rings (SSSR count). The molecule has 0 unspecified atom stereocenters. The van der Waals surface area contributed by atoms with Gasteiger partial charge < -0.3 is 0 Å². The van der Waals surface area contributed by atoms with Crippen molar-refractivity contribution < 1.29 is 19.3 Å². The topological polar surface area (TPSA) is 101 Å². The molecule has 1 saturated heterocycles. The van der Waals surface area contributed by atoms with Crippen LogP contribution in [0.5, 0.6) is 0 Å². The van der Waals surface area contributed by atoms with Crippen LogP contribution in [0.3, 0.4) is 0 Å². The molecule has 2 aliphatic rings. The molecule has 10 heteroatoms. The molecule has 2 atom stereocenters. The molecule has 8 nitrogen and oxygen atoms in total. The summed E-state index contributed by atoms with van der Waals surface area (Å²) in [5.74, 6) is -1.69. The Morgan fingerprint density at radius 2 is 1.72 bits per heavy atom. The van der Waals surface area contributed by atoms with Crippen LogP contribution in [0.4, 0.5) is 11.4 Å². The summed E-state index contributed by atoms with van der Waals surface area (Å²) in [6, 6.07) is 11.2. The lowest BCUT2D eigenvalue weighted by atomic mass is 9.90. The van der Waals surface area contributed by atoms with Crippen LogP contribution in [0.15, 0.2) is 58.4 Å². The minimum atomic E-state index is -1.02. The Balaban J connectivity index is 1.56. The summed E-state index contributed by atoms with van der Waals surface area (Å²) in [5.41, 5.74) is 1.33. The molecule has 160 valence electrons. The van der Waals surface area contributed by atoms with Crippen LogP contribution in [0.2, 0.25) is 0 Å². The highest BCUT2D eigenvalue weighted by Crippen LogP contribution is 2.46. The SMILES string of the molecule is Cc1cc(N2C(=O)[C@H](N3C(=O)c4ccc([N+](=O)[O-])cc4C3=O)[C@H]2c2cccs2)ccc1Br. The second-order valence-corrected chi connectivity index (χ2v) is 9.35. The van der Waals surface area contributed by atoms with E-state index in [1.165, 1.54) is 23.5 Å². The van der Waals surface area contributed by atoms with E-state index in [1.54, 1.807) is 11.0 Å². The molecule has 2 aromatic carbocycles. The lowest BCUT2D eigenvalue weighted by Gasteiger charge is -2.49. The normalized spacial score (nSPS) is 19.9. The first-order valence-electron chi connectivity index (χ1n) is 9.58. The second-order valence-electron chi connectivity index (χ2n) is 7.51. The quantitative estimate of drug-likeness (QED) is 0.222. The van der Waals surface area contributed by atoms with Gasteiger partial charge in [-0.2, -0.15) is 0 Å². The number of imide groups is 1. The fraction of sp³-hybridized carbons (Fsp3) is 0.136. The summed E-state index contributed by atoms with van der Waals surface area (Å²) in [7, 11) is 0. The van der Waals surface area contributed by atoms with Gasteiger partial charge in [0.1, 0.15) is 12.1 Å². The van der Waals surface area contributed by atoms with Gasteiger partial charge in [0.05, 0.1) is 16.1 Å².